The van der Waals surface area contributed by atoms with Crippen molar-refractivity contribution in [3.8, 4) is 0 Å². The van der Waals surface area contributed by atoms with Crippen LogP contribution >= 0.6 is 11.8 Å². The Kier molecular flexibility index (Phi) is 6.39. The SMILES string of the molecule is Cc1ccc(C(=O)OC[C@H]2S[C@H](C)[C@@H](F)[C@@H]2OC(=O)c2ccc(C)cc2)cc1. The molecule has 0 unspecified atom stereocenters. The first-order valence-electron chi connectivity index (χ1n) is 9.16. The minimum atomic E-state index is -1.32. The Hall–Kier alpha value is -2.34. The van der Waals surface area contributed by atoms with Crippen LogP contribution in [0.3, 0.4) is 0 Å². The van der Waals surface area contributed by atoms with Crippen LogP contribution in [0.5, 0.6) is 0 Å². The predicted octanol–water partition coefficient (Wildman–Crippen LogP) is 4.53. The number of halogens is 1. The fraction of sp³-hybridized carbons (Fsp3) is 0.364. The lowest BCUT2D eigenvalue weighted by molar-refractivity contribution is 0.00209. The zero-order chi connectivity index (χ0) is 20.3. The van der Waals surface area contributed by atoms with E-state index in [1.807, 2.05) is 26.0 Å². The number of carbonyl (C=O) groups is 2. The minimum Gasteiger partial charge on any atom is -0.461 e. The van der Waals surface area contributed by atoms with Gasteiger partial charge in [-0.05, 0) is 38.1 Å². The van der Waals surface area contributed by atoms with E-state index in [4.69, 9.17) is 9.47 Å². The van der Waals surface area contributed by atoms with Gasteiger partial charge in [-0.25, -0.2) is 14.0 Å². The molecule has 0 N–H and O–H groups in total. The van der Waals surface area contributed by atoms with Crippen LogP contribution in [0.4, 0.5) is 4.39 Å². The van der Waals surface area contributed by atoms with E-state index in [9.17, 15) is 14.0 Å². The zero-order valence-electron chi connectivity index (χ0n) is 16.1. The third kappa shape index (κ3) is 4.73. The Labute approximate surface area is 168 Å². The van der Waals surface area contributed by atoms with Gasteiger partial charge in [-0.3, -0.25) is 0 Å². The summed E-state index contributed by atoms with van der Waals surface area (Å²) < 4.78 is 25.4. The van der Waals surface area contributed by atoms with Crippen molar-refractivity contribution in [3.05, 3.63) is 70.8 Å². The third-order valence-electron chi connectivity index (χ3n) is 4.71. The average molecular weight is 402 g/mol. The molecule has 1 aliphatic heterocycles. The Morgan fingerprint density at radius 1 is 0.929 bits per heavy atom. The van der Waals surface area contributed by atoms with Gasteiger partial charge in [0.25, 0.3) is 0 Å². The molecule has 28 heavy (non-hydrogen) atoms. The Morgan fingerprint density at radius 3 is 1.96 bits per heavy atom. The molecule has 0 saturated carbocycles. The lowest BCUT2D eigenvalue weighted by atomic mass is 10.1. The fourth-order valence-corrected chi connectivity index (χ4v) is 4.35. The molecule has 1 heterocycles. The highest BCUT2D eigenvalue weighted by Gasteiger charge is 2.45. The summed E-state index contributed by atoms with van der Waals surface area (Å²) in [6.45, 7) is 5.57. The summed E-state index contributed by atoms with van der Waals surface area (Å²) >= 11 is 1.33. The van der Waals surface area contributed by atoms with Crippen LogP contribution < -0.4 is 0 Å². The molecular formula is C22H23FO4S. The largest absolute Gasteiger partial charge is 0.461 e. The number of esters is 2. The number of hydrogen-bond donors (Lipinski definition) is 0. The molecule has 0 amide bonds. The van der Waals surface area contributed by atoms with E-state index < -0.39 is 29.5 Å². The second kappa shape index (κ2) is 8.78. The lowest BCUT2D eigenvalue weighted by Gasteiger charge is -2.21. The Morgan fingerprint density at radius 2 is 1.43 bits per heavy atom. The van der Waals surface area contributed by atoms with Gasteiger partial charge in [-0.2, -0.15) is 0 Å². The van der Waals surface area contributed by atoms with E-state index in [0.29, 0.717) is 11.1 Å². The normalized spacial score (nSPS) is 24.0. The number of ether oxygens (including phenoxy) is 2. The van der Waals surface area contributed by atoms with Gasteiger partial charge >= 0.3 is 11.9 Å². The fourth-order valence-electron chi connectivity index (χ4n) is 2.99. The van der Waals surface area contributed by atoms with Gasteiger partial charge in [0.05, 0.1) is 16.4 Å². The molecule has 3 rings (SSSR count). The molecule has 1 aliphatic rings. The van der Waals surface area contributed by atoms with E-state index >= 15 is 0 Å². The summed E-state index contributed by atoms with van der Waals surface area (Å²) in [6, 6.07) is 13.9. The smallest absolute Gasteiger partial charge is 0.338 e. The Bertz CT molecular complexity index is 835. The molecule has 1 fully saturated rings. The number of benzene rings is 2. The molecule has 4 atom stereocenters. The Balaban J connectivity index is 1.63. The van der Waals surface area contributed by atoms with Crippen molar-refractivity contribution in [1.82, 2.24) is 0 Å². The van der Waals surface area contributed by atoms with E-state index in [-0.39, 0.29) is 11.9 Å². The van der Waals surface area contributed by atoms with Crippen molar-refractivity contribution in [3.63, 3.8) is 0 Å². The van der Waals surface area contributed by atoms with Crippen molar-refractivity contribution < 1.29 is 23.5 Å². The molecule has 148 valence electrons. The third-order valence-corrected chi connectivity index (χ3v) is 6.16. The molecule has 0 bridgehead atoms. The first kappa shape index (κ1) is 20.4. The zero-order valence-corrected chi connectivity index (χ0v) is 16.9. The highest BCUT2D eigenvalue weighted by molar-refractivity contribution is 8.00. The molecule has 0 spiro atoms. The molecule has 0 aromatic heterocycles. The van der Waals surface area contributed by atoms with E-state index in [1.165, 1.54) is 11.8 Å². The van der Waals surface area contributed by atoms with E-state index in [1.54, 1.807) is 43.3 Å². The van der Waals surface area contributed by atoms with Crippen molar-refractivity contribution in [1.29, 1.82) is 0 Å². The van der Waals surface area contributed by atoms with Crippen molar-refractivity contribution in [2.24, 2.45) is 0 Å². The first-order valence-corrected chi connectivity index (χ1v) is 10.1. The molecule has 0 radical (unpaired) electrons. The van der Waals surface area contributed by atoms with Crippen LogP contribution in [-0.2, 0) is 9.47 Å². The highest BCUT2D eigenvalue weighted by Crippen LogP contribution is 2.38. The van der Waals surface area contributed by atoms with Crippen LogP contribution in [-0.4, -0.2) is 41.3 Å². The summed E-state index contributed by atoms with van der Waals surface area (Å²) in [5.41, 5.74) is 2.87. The van der Waals surface area contributed by atoms with Crippen LogP contribution in [0.25, 0.3) is 0 Å². The van der Waals surface area contributed by atoms with E-state index in [2.05, 4.69) is 0 Å². The van der Waals surface area contributed by atoms with Gasteiger partial charge in [-0.1, -0.05) is 42.3 Å². The number of rotatable bonds is 5. The highest BCUT2D eigenvalue weighted by atomic mass is 32.2. The number of carbonyl (C=O) groups excluding carboxylic acids is 2. The van der Waals surface area contributed by atoms with E-state index in [0.717, 1.165) is 11.1 Å². The number of alkyl halides is 1. The van der Waals surface area contributed by atoms with Gasteiger partial charge in [-0.15, -0.1) is 11.8 Å². The quantitative estimate of drug-likeness (QED) is 0.688. The number of thioether (sulfide) groups is 1. The number of hydrogen-bond acceptors (Lipinski definition) is 5. The monoisotopic (exact) mass is 402 g/mol. The van der Waals surface area contributed by atoms with Gasteiger partial charge in [0.15, 0.2) is 0 Å². The summed E-state index contributed by atoms with van der Waals surface area (Å²) in [7, 11) is 0. The number of aryl methyl sites for hydroxylation is 2. The summed E-state index contributed by atoms with van der Waals surface area (Å²) in [6.07, 6.45) is -2.28. The standard InChI is InChI=1S/C22H23FO4S/c1-13-4-8-16(9-5-13)21(24)26-12-18-20(19(23)15(3)28-18)27-22(25)17-10-6-14(2)7-11-17/h4-11,15,18-20H,12H2,1-3H3/t15-,18-,19-,20-/m1/s1. The van der Waals surface area contributed by atoms with Gasteiger partial charge < -0.3 is 9.47 Å². The molecule has 4 nitrogen and oxygen atoms in total. The molecule has 1 saturated heterocycles. The van der Waals surface area contributed by atoms with Gasteiger partial charge in [0.2, 0.25) is 0 Å². The van der Waals surface area contributed by atoms with Crippen LogP contribution in [0, 0.1) is 13.8 Å². The molecule has 0 aliphatic carbocycles. The van der Waals surface area contributed by atoms with Gasteiger partial charge in [0, 0.05) is 5.25 Å². The lowest BCUT2D eigenvalue weighted by Crippen LogP contribution is -2.36. The van der Waals surface area contributed by atoms with Crippen molar-refractivity contribution >= 4 is 23.7 Å². The van der Waals surface area contributed by atoms with Crippen LogP contribution in [0.15, 0.2) is 48.5 Å². The molecule has 6 heteroatoms. The van der Waals surface area contributed by atoms with Crippen LogP contribution in [0.2, 0.25) is 0 Å². The summed E-state index contributed by atoms with van der Waals surface area (Å²) in [5, 5.41) is -0.798. The first-order chi connectivity index (χ1) is 13.3. The van der Waals surface area contributed by atoms with Gasteiger partial charge in [0.1, 0.15) is 18.9 Å². The van der Waals surface area contributed by atoms with Crippen molar-refractivity contribution in [2.75, 3.05) is 6.61 Å². The summed E-state index contributed by atoms with van der Waals surface area (Å²) in [5.74, 6) is -1.05. The maximum atomic E-state index is 14.6. The predicted molar refractivity (Wildman–Crippen MR) is 108 cm³/mol. The molecule has 2 aromatic carbocycles. The average Bonchev–Trinajstić information content (AvgIpc) is 2.95. The topological polar surface area (TPSA) is 52.6 Å². The molecular weight excluding hydrogens is 379 g/mol. The minimum absolute atomic E-state index is 0.0199. The maximum absolute atomic E-state index is 14.6. The second-order valence-corrected chi connectivity index (χ2v) is 8.65. The maximum Gasteiger partial charge on any atom is 0.338 e. The van der Waals surface area contributed by atoms with Crippen LogP contribution in [0.1, 0.15) is 38.8 Å². The molecule has 2 aromatic rings. The summed E-state index contributed by atoms with van der Waals surface area (Å²) in [4.78, 5) is 24.6. The van der Waals surface area contributed by atoms with Crippen molar-refractivity contribution in [2.45, 2.75) is 43.5 Å². The second-order valence-electron chi connectivity index (χ2n) is 7.02.